The van der Waals surface area contributed by atoms with E-state index < -0.39 is 0 Å². The van der Waals surface area contributed by atoms with E-state index >= 15 is 0 Å². The number of nitrogens with one attached hydrogen (secondary N) is 1. The van der Waals surface area contributed by atoms with E-state index in [-0.39, 0.29) is 5.91 Å². The zero-order valence-electron chi connectivity index (χ0n) is 12.6. The molecular formula is C16H22N2O3. The van der Waals surface area contributed by atoms with Crippen LogP contribution >= 0.6 is 0 Å². The summed E-state index contributed by atoms with van der Waals surface area (Å²) in [5, 5.41) is 3.38. The Bertz CT molecular complexity index is 539. The van der Waals surface area contributed by atoms with Gasteiger partial charge in [-0.3, -0.25) is 4.79 Å². The van der Waals surface area contributed by atoms with Gasteiger partial charge in [0.2, 0.25) is 0 Å². The van der Waals surface area contributed by atoms with Gasteiger partial charge in [0.05, 0.1) is 14.2 Å². The molecule has 2 aliphatic rings. The molecule has 2 aliphatic heterocycles. The lowest BCUT2D eigenvalue weighted by atomic mass is 9.95. The summed E-state index contributed by atoms with van der Waals surface area (Å²) < 4.78 is 10.6. The molecule has 0 bridgehead atoms. The highest BCUT2D eigenvalue weighted by molar-refractivity contribution is 5.97. The van der Waals surface area contributed by atoms with Crippen LogP contribution in [0.15, 0.2) is 12.1 Å². The van der Waals surface area contributed by atoms with Crippen molar-refractivity contribution in [3.63, 3.8) is 0 Å². The molecule has 0 unspecified atom stereocenters. The highest BCUT2D eigenvalue weighted by Gasteiger charge is 2.31. The van der Waals surface area contributed by atoms with E-state index in [4.69, 9.17) is 9.47 Å². The Labute approximate surface area is 125 Å². The van der Waals surface area contributed by atoms with Crippen LogP contribution in [0.5, 0.6) is 11.5 Å². The first-order valence-electron chi connectivity index (χ1n) is 7.51. The molecule has 1 N–H and O–H groups in total. The normalized spacial score (nSPS) is 21.9. The molecule has 114 valence electrons. The maximum atomic E-state index is 12.8. The predicted octanol–water partition coefficient (Wildman–Crippen LogP) is 1.45. The number of fused-ring (bicyclic) bond motifs is 1. The first-order valence-corrected chi connectivity index (χ1v) is 7.51. The van der Waals surface area contributed by atoms with E-state index in [2.05, 4.69) is 5.32 Å². The molecule has 1 atom stereocenters. The second kappa shape index (κ2) is 5.93. The molecule has 1 saturated heterocycles. The van der Waals surface area contributed by atoms with Crippen LogP contribution in [0.3, 0.4) is 0 Å². The lowest BCUT2D eigenvalue weighted by molar-refractivity contribution is 0.0629. The van der Waals surface area contributed by atoms with Gasteiger partial charge in [-0.05, 0) is 43.5 Å². The molecular weight excluding hydrogens is 268 g/mol. The van der Waals surface area contributed by atoms with Gasteiger partial charge in [0, 0.05) is 24.7 Å². The van der Waals surface area contributed by atoms with E-state index in [0.717, 1.165) is 50.0 Å². The van der Waals surface area contributed by atoms with Gasteiger partial charge < -0.3 is 19.7 Å². The number of amides is 1. The third-order valence-corrected chi connectivity index (χ3v) is 4.43. The predicted molar refractivity (Wildman–Crippen MR) is 80.2 cm³/mol. The maximum Gasteiger partial charge on any atom is 0.254 e. The summed E-state index contributed by atoms with van der Waals surface area (Å²) in [7, 11) is 3.22. The summed E-state index contributed by atoms with van der Waals surface area (Å²) in [6.45, 7) is 2.74. The van der Waals surface area contributed by atoms with E-state index in [1.54, 1.807) is 14.2 Å². The van der Waals surface area contributed by atoms with Gasteiger partial charge in [0.15, 0.2) is 11.5 Å². The van der Waals surface area contributed by atoms with Crippen LogP contribution in [-0.4, -0.2) is 50.7 Å². The molecule has 5 heteroatoms. The number of carbonyl (C=O) groups excluding carboxylic acids is 1. The molecule has 0 saturated carbocycles. The second-order valence-corrected chi connectivity index (χ2v) is 5.61. The average Bonchev–Trinajstić information content (AvgIpc) is 2.55. The van der Waals surface area contributed by atoms with Crippen molar-refractivity contribution in [2.24, 2.45) is 0 Å². The minimum Gasteiger partial charge on any atom is -0.493 e. The third kappa shape index (κ3) is 2.58. The summed E-state index contributed by atoms with van der Waals surface area (Å²) in [4.78, 5) is 14.8. The maximum absolute atomic E-state index is 12.8. The molecule has 2 heterocycles. The fourth-order valence-corrected chi connectivity index (χ4v) is 3.27. The number of carbonyl (C=O) groups is 1. The van der Waals surface area contributed by atoms with E-state index in [1.807, 2.05) is 17.0 Å². The van der Waals surface area contributed by atoms with E-state index in [9.17, 15) is 4.79 Å². The number of methoxy groups -OCH3 is 2. The van der Waals surface area contributed by atoms with Gasteiger partial charge in [-0.15, -0.1) is 0 Å². The van der Waals surface area contributed by atoms with E-state index in [0.29, 0.717) is 17.5 Å². The van der Waals surface area contributed by atoms with Crippen molar-refractivity contribution in [2.75, 3.05) is 33.9 Å². The first kappa shape index (κ1) is 14.2. The summed E-state index contributed by atoms with van der Waals surface area (Å²) in [5.74, 6) is 1.43. The van der Waals surface area contributed by atoms with Crippen molar-refractivity contribution < 1.29 is 14.3 Å². The Balaban J connectivity index is 1.90. The second-order valence-electron chi connectivity index (χ2n) is 5.61. The topological polar surface area (TPSA) is 50.8 Å². The number of hydrogen-bond acceptors (Lipinski definition) is 4. The Morgan fingerprint density at radius 2 is 2.00 bits per heavy atom. The quantitative estimate of drug-likeness (QED) is 0.915. The van der Waals surface area contributed by atoms with Crippen LogP contribution < -0.4 is 14.8 Å². The number of hydrogen-bond donors (Lipinski definition) is 1. The van der Waals surface area contributed by atoms with Crippen molar-refractivity contribution in [1.29, 1.82) is 0 Å². The van der Waals surface area contributed by atoms with Crippen molar-refractivity contribution in [3.05, 3.63) is 23.3 Å². The van der Waals surface area contributed by atoms with Crippen molar-refractivity contribution in [3.8, 4) is 11.5 Å². The molecule has 0 radical (unpaired) electrons. The molecule has 21 heavy (non-hydrogen) atoms. The number of benzene rings is 1. The van der Waals surface area contributed by atoms with Gasteiger partial charge in [-0.2, -0.15) is 0 Å². The zero-order chi connectivity index (χ0) is 14.8. The lowest BCUT2D eigenvalue weighted by Gasteiger charge is -2.38. The summed E-state index contributed by atoms with van der Waals surface area (Å²) in [6, 6.07) is 4.06. The van der Waals surface area contributed by atoms with E-state index in [1.165, 1.54) is 0 Å². The van der Waals surface area contributed by atoms with Crippen molar-refractivity contribution in [1.82, 2.24) is 10.2 Å². The molecule has 0 spiro atoms. The van der Waals surface area contributed by atoms with Crippen LogP contribution in [0.1, 0.15) is 28.8 Å². The monoisotopic (exact) mass is 290 g/mol. The Morgan fingerprint density at radius 3 is 2.67 bits per heavy atom. The van der Waals surface area contributed by atoms with Gasteiger partial charge >= 0.3 is 0 Å². The number of piperidine rings is 1. The molecule has 1 amide bonds. The minimum atomic E-state index is 0.117. The van der Waals surface area contributed by atoms with Crippen LogP contribution in [0.2, 0.25) is 0 Å². The molecule has 1 aromatic carbocycles. The molecule has 1 aromatic rings. The lowest BCUT2D eigenvalue weighted by Crippen LogP contribution is -2.51. The van der Waals surface area contributed by atoms with Crippen molar-refractivity contribution in [2.45, 2.75) is 25.3 Å². The number of rotatable bonds is 3. The summed E-state index contributed by atoms with van der Waals surface area (Å²) >= 11 is 0. The van der Waals surface area contributed by atoms with Gasteiger partial charge in [0.25, 0.3) is 5.91 Å². The fraction of sp³-hybridized carbons (Fsp3) is 0.562. The Morgan fingerprint density at radius 1 is 1.24 bits per heavy atom. The molecule has 3 rings (SSSR count). The smallest absolute Gasteiger partial charge is 0.254 e. The average molecular weight is 290 g/mol. The largest absolute Gasteiger partial charge is 0.493 e. The first-order chi connectivity index (χ1) is 10.2. The van der Waals surface area contributed by atoms with Gasteiger partial charge in [-0.25, -0.2) is 0 Å². The zero-order valence-corrected chi connectivity index (χ0v) is 12.6. The van der Waals surface area contributed by atoms with Crippen molar-refractivity contribution >= 4 is 5.91 Å². The highest BCUT2D eigenvalue weighted by atomic mass is 16.5. The summed E-state index contributed by atoms with van der Waals surface area (Å²) in [5.41, 5.74) is 1.81. The molecule has 1 fully saturated rings. The van der Waals surface area contributed by atoms with Crippen LogP contribution in [0.25, 0.3) is 0 Å². The fourth-order valence-electron chi connectivity index (χ4n) is 3.27. The Kier molecular flexibility index (Phi) is 4.01. The molecule has 0 aliphatic carbocycles. The van der Waals surface area contributed by atoms with Crippen LogP contribution in [0, 0.1) is 0 Å². The summed E-state index contributed by atoms with van der Waals surface area (Å²) in [6.07, 6.45) is 3.09. The Hall–Kier alpha value is -1.75. The standard InChI is InChI=1S/C16H22N2O3/c1-20-14-8-11-5-7-18(12-4-3-6-17-10-12)16(19)13(11)9-15(14)21-2/h8-9,12,17H,3-7,10H2,1-2H3/t12-/m0/s1. The number of nitrogens with zero attached hydrogens (tertiary/aromatic N) is 1. The molecule has 0 aromatic heterocycles. The molecule has 5 nitrogen and oxygen atoms in total. The highest BCUT2D eigenvalue weighted by Crippen LogP contribution is 2.34. The van der Waals surface area contributed by atoms with Crippen LogP contribution in [0.4, 0.5) is 0 Å². The minimum absolute atomic E-state index is 0.117. The SMILES string of the molecule is COc1cc2c(cc1OC)C(=O)N([C@H]1CCCNC1)CC2. The van der Waals surface area contributed by atoms with Gasteiger partial charge in [-0.1, -0.05) is 0 Å². The third-order valence-electron chi connectivity index (χ3n) is 4.43. The number of ether oxygens (including phenoxy) is 2. The van der Waals surface area contributed by atoms with Crippen LogP contribution in [-0.2, 0) is 6.42 Å². The van der Waals surface area contributed by atoms with Gasteiger partial charge in [0.1, 0.15) is 0 Å².